The fourth-order valence-corrected chi connectivity index (χ4v) is 3.97. The highest BCUT2D eigenvalue weighted by Gasteiger charge is 2.21. The molecule has 0 aliphatic carbocycles. The summed E-state index contributed by atoms with van der Waals surface area (Å²) in [4.78, 5) is 14.5. The summed E-state index contributed by atoms with van der Waals surface area (Å²) < 4.78 is 5.42. The van der Waals surface area contributed by atoms with Gasteiger partial charge in [0, 0.05) is 23.7 Å². The fraction of sp³-hybridized carbons (Fsp3) is 0.348. The van der Waals surface area contributed by atoms with Crippen LogP contribution in [0.25, 0.3) is 22.1 Å². The molecule has 0 atom stereocenters. The van der Waals surface area contributed by atoms with Gasteiger partial charge in [0.25, 0.3) is 0 Å². The highest BCUT2D eigenvalue weighted by atomic mass is 16.4. The number of rotatable bonds is 3. The molecule has 0 bridgehead atoms. The lowest BCUT2D eigenvalue weighted by atomic mass is 9.95. The van der Waals surface area contributed by atoms with Crippen molar-refractivity contribution >= 4 is 11.0 Å². The lowest BCUT2D eigenvalue weighted by molar-refractivity contribution is 0.183. The van der Waals surface area contributed by atoms with Crippen LogP contribution in [-0.2, 0) is 6.54 Å². The van der Waals surface area contributed by atoms with Gasteiger partial charge in [-0.3, -0.25) is 4.90 Å². The first-order valence-corrected chi connectivity index (χ1v) is 9.60. The molecule has 140 valence electrons. The predicted molar refractivity (Wildman–Crippen MR) is 108 cm³/mol. The summed E-state index contributed by atoms with van der Waals surface area (Å²) in [7, 11) is 0. The second-order valence-electron chi connectivity index (χ2n) is 7.70. The van der Waals surface area contributed by atoms with Gasteiger partial charge in [-0.1, -0.05) is 37.3 Å². The van der Waals surface area contributed by atoms with Crippen LogP contribution in [-0.4, -0.2) is 23.1 Å². The van der Waals surface area contributed by atoms with Crippen molar-refractivity contribution in [2.45, 2.75) is 33.2 Å². The third-order valence-electron chi connectivity index (χ3n) is 5.68. The molecule has 4 rings (SSSR count). The van der Waals surface area contributed by atoms with E-state index in [1.54, 1.807) is 0 Å². The molecule has 0 unspecified atom stereocenters. The first-order valence-electron chi connectivity index (χ1n) is 9.60. The molecule has 1 aliphatic rings. The van der Waals surface area contributed by atoms with Crippen molar-refractivity contribution < 1.29 is 9.52 Å². The van der Waals surface area contributed by atoms with Gasteiger partial charge in [-0.15, -0.1) is 0 Å². The molecule has 3 aromatic rings. The van der Waals surface area contributed by atoms with E-state index in [1.807, 2.05) is 43.3 Å². The van der Waals surface area contributed by atoms with Crippen molar-refractivity contribution in [3.05, 3.63) is 64.0 Å². The highest BCUT2D eigenvalue weighted by molar-refractivity contribution is 5.98. The lowest BCUT2D eigenvalue weighted by Gasteiger charge is -2.31. The molecular weight excluding hydrogens is 338 g/mol. The maximum atomic E-state index is 12.1. The lowest BCUT2D eigenvalue weighted by Crippen LogP contribution is -2.32. The van der Waals surface area contributed by atoms with Crippen molar-refractivity contribution in [3.63, 3.8) is 0 Å². The Morgan fingerprint density at radius 3 is 2.56 bits per heavy atom. The second-order valence-corrected chi connectivity index (χ2v) is 7.70. The van der Waals surface area contributed by atoms with Crippen LogP contribution in [0.5, 0.6) is 5.75 Å². The largest absolute Gasteiger partial charge is 0.507 e. The van der Waals surface area contributed by atoms with Gasteiger partial charge in [-0.25, -0.2) is 4.79 Å². The Morgan fingerprint density at radius 2 is 1.85 bits per heavy atom. The van der Waals surface area contributed by atoms with E-state index in [4.69, 9.17) is 4.42 Å². The van der Waals surface area contributed by atoms with Crippen molar-refractivity contribution in [2.75, 3.05) is 13.1 Å². The molecule has 0 amide bonds. The number of phenols is 1. The van der Waals surface area contributed by atoms with Crippen LogP contribution in [0.1, 0.15) is 30.9 Å². The van der Waals surface area contributed by atoms with Crippen LogP contribution < -0.4 is 5.63 Å². The normalized spacial score (nSPS) is 16.1. The highest BCUT2D eigenvalue weighted by Crippen LogP contribution is 2.38. The Hall–Kier alpha value is -2.59. The number of nitrogens with zero attached hydrogens (tertiary/aromatic N) is 1. The van der Waals surface area contributed by atoms with Crippen molar-refractivity contribution in [2.24, 2.45) is 5.92 Å². The van der Waals surface area contributed by atoms with E-state index < -0.39 is 5.63 Å². The standard InChI is InChI=1S/C23H25NO3/c1-15-8-10-24(11-9-15)14-19-16(2)12-20-22(23(19)26)18(13-21(25)27-20)17-6-4-3-5-7-17/h3-7,12-13,15,26H,8-11,14H2,1-2H3. The van der Waals surface area contributed by atoms with Gasteiger partial charge >= 0.3 is 5.63 Å². The molecule has 1 saturated heterocycles. The maximum absolute atomic E-state index is 12.1. The van der Waals surface area contributed by atoms with Crippen LogP contribution in [0.15, 0.2) is 51.7 Å². The Labute approximate surface area is 159 Å². The fourth-order valence-electron chi connectivity index (χ4n) is 3.97. The van der Waals surface area contributed by atoms with E-state index in [9.17, 15) is 9.90 Å². The summed E-state index contributed by atoms with van der Waals surface area (Å²) in [6, 6.07) is 13.0. The number of hydrogen-bond donors (Lipinski definition) is 1. The van der Waals surface area contributed by atoms with Gasteiger partial charge in [0.2, 0.25) is 0 Å². The molecule has 1 fully saturated rings. The van der Waals surface area contributed by atoms with E-state index in [-0.39, 0.29) is 5.75 Å². The monoisotopic (exact) mass is 363 g/mol. The van der Waals surface area contributed by atoms with Gasteiger partial charge in [0.15, 0.2) is 0 Å². The van der Waals surface area contributed by atoms with Crippen LogP contribution in [0, 0.1) is 12.8 Å². The molecule has 2 heterocycles. The number of aromatic hydroxyl groups is 1. The zero-order valence-electron chi connectivity index (χ0n) is 15.9. The molecule has 0 saturated carbocycles. The summed E-state index contributed by atoms with van der Waals surface area (Å²) >= 11 is 0. The summed E-state index contributed by atoms with van der Waals surface area (Å²) in [5, 5.41) is 11.8. The van der Waals surface area contributed by atoms with Crippen molar-refractivity contribution in [3.8, 4) is 16.9 Å². The molecule has 4 heteroatoms. The number of phenolic OH excluding ortho intramolecular Hbond substituents is 1. The van der Waals surface area contributed by atoms with E-state index in [1.165, 1.54) is 18.9 Å². The number of benzene rings is 2. The molecule has 1 aliphatic heterocycles. The summed E-state index contributed by atoms with van der Waals surface area (Å²) in [5.74, 6) is 0.998. The van der Waals surface area contributed by atoms with Crippen LogP contribution in [0.2, 0.25) is 0 Å². The minimum Gasteiger partial charge on any atom is -0.507 e. The quantitative estimate of drug-likeness (QED) is 0.685. The number of hydrogen-bond acceptors (Lipinski definition) is 4. The van der Waals surface area contributed by atoms with Crippen molar-refractivity contribution in [1.82, 2.24) is 4.90 Å². The van der Waals surface area contributed by atoms with Gasteiger partial charge in [0.05, 0.1) is 5.39 Å². The van der Waals surface area contributed by atoms with Gasteiger partial charge in [-0.05, 0) is 56.0 Å². The topological polar surface area (TPSA) is 53.7 Å². The summed E-state index contributed by atoms with van der Waals surface area (Å²) in [5.41, 5.74) is 3.51. The van der Waals surface area contributed by atoms with Gasteiger partial charge in [-0.2, -0.15) is 0 Å². The zero-order chi connectivity index (χ0) is 19.0. The number of likely N-dealkylation sites (tertiary alicyclic amines) is 1. The average molecular weight is 363 g/mol. The smallest absolute Gasteiger partial charge is 0.336 e. The molecule has 1 aromatic heterocycles. The van der Waals surface area contributed by atoms with Crippen LogP contribution in [0.3, 0.4) is 0 Å². The Balaban J connectivity index is 1.84. The SMILES string of the molecule is Cc1cc2oc(=O)cc(-c3ccccc3)c2c(O)c1CN1CCC(C)CC1. The minimum absolute atomic E-state index is 0.228. The first kappa shape index (κ1) is 17.8. The van der Waals surface area contributed by atoms with Gasteiger partial charge < -0.3 is 9.52 Å². The second kappa shape index (κ2) is 7.20. The zero-order valence-corrected chi connectivity index (χ0v) is 15.9. The molecular formula is C23H25NO3. The molecule has 4 nitrogen and oxygen atoms in total. The third-order valence-corrected chi connectivity index (χ3v) is 5.68. The summed E-state index contributed by atoms with van der Waals surface area (Å²) in [6.45, 7) is 7.08. The Bertz CT molecular complexity index is 1020. The van der Waals surface area contributed by atoms with Crippen molar-refractivity contribution in [1.29, 1.82) is 0 Å². The average Bonchev–Trinajstić information content (AvgIpc) is 2.66. The molecule has 1 N–H and O–H groups in total. The molecule has 0 spiro atoms. The van der Waals surface area contributed by atoms with E-state index in [0.717, 1.165) is 35.7 Å². The Morgan fingerprint density at radius 1 is 1.15 bits per heavy atom. The van der Waals surface area contributed by atoms with Gasteiger partial charge in [0.1, 0.15) is 11.3 Å². The minimum atomic E-state index is -0.405. The number of fused-ring (bicyclic) bond motifs is 1. The van der Waals surface area contributed by atoms with Crippen LogP contribution in [0.4, 0.5) is 0 Å². The number of aryl methyl sites for hydroxylation is 1. The van der Waals surface area contributed by atoms with E-state index >= 15 is 0 Å². The molecule has 2 aromatic carbocycles. The maximum Gasteiger partial charge on any atom is 0.336 e. The summed E-state index contributed by atoms with van der Waals surface area (Å²) in [6.07, 6.45) is 2.38. The van der Waals surface area contributed by atoms with E-state index in [0.29, 0.717) is 23.1 Å². The Kier molecular flexibility index (Phi) is 4.75. The van der Waals surface area contributed by atoms with E-state index in [2.05, 4.69) is 11.8 Å². The molecule has 0 radical (unpaired) electrons. The predicted octanol–water partition coefficient (Wildman–Crippen LogP) is 4.71. The third kappa shape index (κ3) is 3.50. The molecule has 27 heavy (non-hydrogen) atoms. The number of piperidine rings is 1. The first-order chi connectivity index (χ1) is 13.0. The van der Waals surface area contributed by atoms with Crippen LogP contribution >= 0.6 is 0 Å².